The fraction of sp³-hybridized carbons (Fsp3) is 0.188. The van der Waals surface area contributed by atoms with Gasteiger partial charge in [0.1, 0.15) is 17.3 Å². The minimum Gasteiger partial charge on any atom is -0.352 e. The van der Waals surface area contributed by atoms with Gasteiger partial charge in [0.15, 0.2) is 0 Å². The molecule has 0 radical (unpaired) electrons. The van der Waals surface area contributed by atoms with E-state index in [0.717, 1.165) is 24.6 Å². The Labute approximate surface area is 138 Å². The number of hydrogen-bond acceptors (Lipinski definition) is 3. The van der Waals surface area contributed by atoms with Gasteiger partial charge in [0, 0.05) is 12.1 Å². The second kappa shape index (κ2) is 7.39. The van der Waals surface area contributed by atoms with Crippen molar-refractivity contribution in [3.05, 3.63) is 59.7 Å². The van der Waals surface area contributed by atoms with Crippen molar-refractivity contribution in [2.24, 2.45) is 0 Å². The number of amides is 1. The molecule has 0 unspecified atom stereocenters. The van der Waals surface area contributed by atoms with Crippen LogP contribution in [-0.2, 0) is 10.0 Å². The van der Waals surface area contributed by atoms with E-state index in [9.17, 15) is 22.0 Å². The van der Waals surface area contributed by atoms with Gasteiger partial charge in [-0.05, 0) is 42.8 Å². The van der Waals surface area contributed by atoms with E-state index in [4.69, 9.17) is 0 Å². The Morgan fingerprint density at radius 1 is 1.04 bits per heavy atom. The molecular weight excluding hydrogens is 338 g/mol. The maximum Gasteiger partial charge on any atom is 0.262 e. The molecule has 0 aliphatic carbocycles. The summed E-state index contributed by atoms with van der Waals surface area (Å²) in [6.07, 6.45) is 0.774. The van der Waals surface area contributed by atoms with Crippen LogP contribution in [0.5, 0.6) is 0 Å². The lowest BCUT2D eigenvalue weighted by molar-refractivity contribution is 0.0953. The largest absolute Gasteiger partial charge is 0.352 e. The summed E-state index contributed by atoms with van der Waals surface area (Å²) in [6, 6.07) is 8.08. The lowest BCUT2D eigenvalue weighted by Gasteiger charge is -2.10. The number of nitrogens with one attached hydrogen (secondary N) is 2. The highest BCUT2D eigenvalue weighted by atomic mass is 32.2. The first-order valence-corrected chi connectivity index (χ1v) is 8.68. The molecule has 24 heavy (non-hydrogen) atoms. The van der Waals surface area contributed by atoms with Crippen LogP contribution in [0.25, 0.3) is 0 Å². The Morgan fingerprint density at radius 3 is 2.17 bits per heavy atom. The molecule has 2 rings (SSSR count). The lowest BCUT2D eigenvalue weighted by atomic mass is 10.2. The predicted molar refractivity (Wildman–Crippen MR) is 86.2 cm³/mol. The first-order valence-electron chi connectivity index (χ1n) is 7.20. The van der Waals surface area contributed by atoms with Crippen LogP contribution in [0.4, 0.5) is 14.5 Å². The summed E-state index contributed by atoms with van der Waals surface area (Å²) >= 11 is 0. The third-order valence-corrected chi connectivity index (χ3v) is 4.53. The SMILES string of the molecule is CCCNC(=O)c1ccc(S(=O)(=O)Nc2c(F)cccc2F)cc1. The zero-order valence-electron chi connectivity index (χ0n) is 12.8. The highest BCUT2D eigenvalue weighted by Crippen LogP contribution is 2.22. The molecule has 0 spiro atoms. The van der Waals surface area contributed by atoms with E-state index < -0.39 is 27.3 Å². The summed E-state index contributed by atoms with van der Waals surface area (Å²) in [6.45, 7) is 2.41. The number of carbonyl (C=O) groups excluding carboxylic acids is 1. The topological polar surface area (TPSA) is 75.3 Å². The van der Waals surface area contributed by atoms with Crippen LogP contribution >= 0.6 is 0 Å². The maximum atomic E-state index is 13.6. The van der Waals surface area contributed by atoms with Gasteiger partial charge in [0.05, 0.1) is 4.90 Å². The lowest BCUT2D eigenvalue weighted by Crippen LogP contribution is -2.24. The number of halogens is 2. The van der Waals surface area contributed by atoms with Crippen LogP contribution in [0, 0.1) is 11.6 Å². The summed E-state index contributed by atoms with van der Waals surface area (Å²) in [5.41, 5.74) is -0.457. The molecule has 0 heterocycles. The second-order valence-electron chi connectivity index (χ2n) is 4.98. The van der Waals surface area contributed by atoms with Gasteiger partial charge in [-0.15, -0.1) is 0 Å². The van der Waals surface area contributed by atoms with Gasteiger partial charge in [-0.25, -0.2) is 17.2 Å². The summed E-state index contributed by atoms with van der Waals surface area (Å²) in [5, 5.41) is 2.66. The second-order valence-corrected chi connectivity index (χ2v) is 6.66. The molecule has 5 nitrogen and oxygen atoms in total. The van der Waals surface area contributed by atoms with Gasteiger partial charge in [0.25, 0.3) is 15.9 Å². The number of carbonyl (C=O) groups is 1. The van der Waals surface area contributed by atoms with Gasteiger partial charge < -0.3 is 5.32 Å². The maximum absolute atomic E-state index is 13.6. The highest BCUT2D eigenvalue weighted by molar-refractivity contribution is 7.92. The molecule has 0 fully saturated rings. The Hall–Kier alpha value is -2.48. The van der Waals surface area contributed by atoms with E-state index in [1.54, 1.807) is 0 Å². The van der Waals surface area contributed by atoms with E-state index in [-0.39, 0.29) is 10.8 Å². The van der Waals surface area contributed by atoms with E-state index in [0.29, 0.717) is 12.1 Å². The van der Waals surface area contributed by atoms with Crippen LogP contribution in [0.15, 0.2) is 47.4 Å². The van der Waals surface area contributed by atoms with E-state index >= 15 is 0 Å². The van der Waals surface area contributed by atoms with Crippen LogP contribution in [-0.4, -0.2) is 20.9 Å². The molecular formula is C16H16F2N2O3S. The third-order valence-electron chi connectivity index (χ3n) is 3.16. The van der Waals surface area contributed by atoms with E-state index in [1.165, 1.54) is 24.3 Å². The van der Waals surface area contributed by atoms with Gasteiger partial charge in [-0.2, -0.15) is 0 Å². The van der Waals surface area contributed by atoms with Gasteiger partial charge >= 0.3 is 0 Å². The van der Waals surface area contributed by atoms with Gasteiger partial charge in [-0.3, -0.25) is 9.52 Å². The van der Waals surface area contributed by atoms with Crippen LogP contribution in [0.3, 0.4) is 0 Å². The Balaban J connectivity index is 2.22. The molecule has 0 bridgehead atoms. The van der Waals surface area contributed by atoms with Crippen molar-refractivity contribution in [1.29, 1.82) is 0 Å². The number of hydrogen-bond donors (Lipinski definition) is 2. The molecule has 0 saturated carbocycles. The molecule has 128 valence electrons. The molecule has 1 amide bonds. The fourth-order valence-electron chi connectivity index (χ4n) is 1.91. The average Bonchev–Trinajstić information content (AvgIpc) is 2.56. The van der Waals surface area contributed by atoms with Crippen LogP contribution in [0.1, 0.15) is 23.7 Å². The summed E-state index contributed by atoms with van der Waals surface area (Å²) < 4.78 is 53.4. The first kappa shape index (κ1) is 17.9. The van der Waals surface area contributed by atoms with Gasteiger partial charge in [-0.1, -0.05) is 13.0 Å². The van der Waals surface area contributed by atoms with Crippen LogP contribution < -0.4 is 10.0 Å². The molecule has 2 N–H and O–H groups in total. The average molecular weight is 354 g/mol. The highest BCUT2D eigenvalue weighted by Gasteiger charge is 2.19. The molecule has 8 heteroatoms. The standard InChI is InChI=1S/C16H16F2N2O3S/c1-2-10-19-16(21)11-6-8-12(9-7-11)24(22,23)20-15-13(17)4-3-5-14(15)18/h3-9,20H,2,10H2,1H3,(H,19,21). The van der Waals surface area contributed by atoms with Crippen molar-refractivity contribution >= 4 is 21.6 Å². The molecule has 0 saturated heterocycles. The van der Waals surface area contributed by atoms with Crippen molar-refractivity contribution in [3.8, 4) is 0 Å². The Morgan fingerprint density at radius 2 is 1.62 bits per heavy atom. The van der Waals surface area contributed by atoms with Crippen molar-refractivity contribution < 1.29 is 22.0 Å². The van der Waals surface area contributed by atoms with Crippen molar-refractivity contribution in [3.63, 3.8) is 0 Å². The number of rotatable bonds is 6. The molecule has 0 atom stereocenters. The predicted octanol–water partition coefficient (Wildman–Crippen LogP) is 2.91. The summed E-state index contributed by atoms with van der Waals surface area (Å²) in [5.74, 6) is -2.36. The number of benzene rings is 2. The summed E-state index contributed by atoms with van der Waals surface area (Å²) in [7, 11) is -4.18. The number of sulfonamides is 1. The minimum atomic E-state index is -4.18. The number of anilines is 1. The van der Waals surface area contributed by atoms with E-state index in [1.807, 2.05) is 11.6 Å². The normalized spacial score (nSPS) is 11.1. The zero-order valence-corrected chi connectivity index (χ0v) is 13.7. The monoisotopic (exact) mass is 354 g/mol. The fourth-order valence-corrected chi connectivity index (χ4v) is 2.99. The van der Waals surface area contributed by atoms with Crippen LogP contribution in [0.2, 0.25) is 0 Å². The quantitative estimate of drug-likeness (QED) is 0.838. The Bertz CT molecular complexity index is 817. The van der Waals surface area contributed by atoms with E-state index in [2.05, 4.69) is 5.32 Å². The van der Waals surface area contributed by atoms with Crippen molar-refractivity contribution in [2.45, 2.75) is 18.2 Å². The molecule has 2 aromatic rings. The van der Waals surface area contributed by atoms with Crippen molar-refractivity contribution in [1.82, 2.24) is 5.32 Å². The minimum absolute atomic E-state index is 0.211. The first-order chi connectivity index (χ1) is 11.3. The van der Waals surface area contributed by atoms with Gasteiger partial charge in [0.2, 0.25) is 0 Å². The molecule has 0 aromatic heterocycles. The smallest absolute Gasteiger partial charge is 0.262 e. The molecule has 2 aromatic carbocycles. The molecule has 0 aliphatic rings. The summed E-state index contributed by atoms with van der Waals surface area (Å²) in [4.78, 5) is 11.6. The molecule has 0 aliphatic heterocycles. The van der Waals surface area contributed by atoms with Crippen molar-refractivity contribution in [2.75, 3.05) is 11.3 Å². The Kier molecular flexibility index (Phi) is 5.50. The zero-order chi connectivity index (χ0) is 17.7. The number of para-hydroxylation sites is 1. The third kappa shape index (κ3) is 4.08.